The molecule has 0 heterocycles. The molecule has 2 unspecified atom stereocenters. The standard InChI is InChI=1S/C12H21N/c1-10-6-2-5-9-12(10)13-11-7-3-4-8-11/h3-4,10-13H,2,5-9H2,1H3. The minimum atomic E-state index is 0.755. The fraction of sp³-hybridized carbons (Fsp3) is 0.833. The maximum atomic E-state index is 3.81. The van der Waals surface area contributed by atoms with Crippen molar-refractivity contribution in [2.24, 2.45) is 5.92 Å². The van der Waals surface area contributed by atoms with Gasteiger partial charge >= 0.3 is 0 Å². The van der Waals surface area contributed by atoms with E-state index in [1.807, 2.05) is 0 Å². The average Bonchev–Trinajstić information content (AvgIpc) is 2.61. The average molecular weight is 179 g/mol. The SMILES string of the molecule is CC1CCCCC1NC1CC=CC1. The van der Waals surface area contributed by atoms with Crippen molar-refractivity contribution in [2.75, 3.05) is 0 Å². The molecule has 13 heavy (non-hydrogen) atoms. The number of hydrogen-bond acceptors (Lipinski definition) is 1. The molecule has 0 saturated heterocycles. The van der Waals surface area contributed by atoms with Crippen LogP contribution in [0, 0.1) is 5.92 Å². The van der Waals surface area contributed by atoms with Crippen molar-refractivity contribution in [1.29, 1.82) is 0 Å². The smallest absolute Gasteiger partial charge is 0.0139 e. The molecular formula is C12H21N. The maximum Gasteiger partial charge on any atom is 0.0139 e. The van der Waals surface area contributed by atoms with E-state index < -0.39 is 0 Å². The van der Waals surface area contributed by atoms with Crippen LogP contribution in [0.5, 0.6) is 0 Å². The minimum Gasteiger partial charge on any atom is -0.310 e. The summed E-state index contributed by atoms with van der Waals surface area (Å²) in [6, 6.07) is 1.56. The van der Waals surface area contributed by atoms with Crippen LogP contribution in [0.3, 0.4) is 0 Å². The molecule has 1 nitrogen and oxygen atoms in total. The molecule has 0 amide bonds. The largest absolute Gasteiger partial charge is 0.310 e. The van der Waals surface area contributed by atoms with Crippen LogP contribution >= 0.6 is 0 Å². The Morgan fingerprint density at radius 1 is 1.08 bits per heavy atom. The topological polar surface area (TPSA) is 12.0 Å². The van der Waals surface area contributed by atoms with Gasteiger partial charge in [0.15, 0.2) is 0 Å². The van der Waals surface area contributed by atoms with E-state index in [1.165, 1.54) is 38.5 Å². The first-order chi connectivity index (χ1) is 6.36. The number of hydrogen-bond donors (Lipinski definition) is 1. The number of rotatable bonds is 2. The summed E-state index contributed by atoms with van der Waals surface area (Å²) in [5.41, 5.74) is 0. The van der Waals surface area contributed by atoms with E-state index in [1.54, 1.807) is 0 Å². The monoisotopic (exact) mass is 179 g/mol. The second-order valence-electron chi connectivity index (χ2n) is 4.67. The predicted octanol–water partition coefficient (Wildman–Crippen LogP) is 2.87. The summed E-state index contributed by atoms with van der Waals surface area (Å²) in [7, 11) is 0. The number of nitrogens with one attached hydrogen (secondary N) is 1. The molecule has 2 aliphatic carbocycles. The van der Waals surface area contributed by atoms with E-state index in [4.69, 9.17) is 0 Å². The molecule has 0 radical (unpaired) electrons. The van der Waals surface area contributed by atoms with Crippen molar-refractivity contribution in [3.63, 3.8) is 0 Å². The Morgan fingerprint density at radius 2 is 1.77 bits per heavy atom. The van der Waals surface area contributed by atoms with Crippen LogP contribution in [-0.2, 0) is 0 Å². The van der Waals surface area contributed by atoms with Crippen LogP contribution < -0.4 is 5.32 Å². The maximum absolute atomic E-state index is 3.81. The summed E-state index contributed by atoms with van der Waals surface area (Å²) in [6.07, 6.45) is 12.8. The van der Waals surface area contributed by atoms with Gasteiger partial charge in [0, 0.05) is 12.1 Å². The van der Waals surface area contributed by atoms with Crippen molar-refractivity contribution in [3.05, 3.63) is 12.2 Å². The highest BCUT2D eigenvalue weighted by molar-refractivity contribution is 4.99. The van der Waals surface area contributed by atoms with Gasteiger partial charge in [-0.15, -0.1) is 0 Å². The van der Waals surface area contributed by atoms with Gasteiger partial charge in [0.1, 0.15) is 0 Å². The van der Waals surface area contributed by atoms with Crippen molar-refractivity contribution in [3.8, 4) is 0 Å². The molecule has 2 rings (SSSR count). The zero-order chi connectivity index (χ0) is 9.10. The van der Waals surface area contributed by atoms with Crippen LogP contribution in [-0.4, -0.2) is 12.1 Å². The van der Waals surface area contributed by atoms with Crippen molar-refractivity contribution >= 4 is 0 Å². The molecule has 1 N–H and O–H groups in total. The third-order valence-electron chi connectivity index (χ3n) is 3.57. The van der Waals surface area contributed by atoms with Gasteiger partial charge in [-0.05, 0) is 31.6 Å². The van der Waals surface area contributed by atoms with Crippen LogP contribution in [0.25, 0.3) is 0 Å². The first kappa shape index (κ1) is 9.26. The zero-order valence-corrected chi connectivity index (χ0v) is 8.63. The lowest BCUT2D eigenvalue weighted by molar-refractivity contribution is 0.260. The summed E-state index contributed by atoms with van der Waals surface area (Å²) in [5.74, 6) is 0.898. The first-order valence-electron chi connectivity index (χ1n) is 5.77. The van der Waals surface area contributed by atoms with Gasteiger partial charge < -0.3 is 5.32 Å². The van der Waals surface area contributed by atoms with E-state index in [9.17, 15) is 0 Å². The molecule has 2 aliphatic rings. The van der Waals surface area contributed by atoms with Gasteiger partial charge in [-0.1, -0.05) is 31.9 Å². The molecule has 74 valence electrons. The molecule has 1 saturated carbocycles. The van der Waals surface area contributed by atoms with E-state index in [2.05, 4.69) is 24.4 Å². The Kier molecular flexibility index (Phi) is 3.05. The fourth-order valence-corrected chi connectivity index (χ4v) is 2.62. The Labute approximate surface area is 81.6 Å². The van der Waals surface area contributed by atoms with Gasteiger partial charge in [0.2, 0.25) is 0 Å². The Morgan fingerprint density at radius 3 is 2.46 bits per heavy atom. The summed E-state index contributed by atoms with van der Waals surface area (Å²) in [5, 5.41) is 3.81. The second-order valence-corrected chi connectivity index (χ2v) is 4.67. The fourth-order valence-electron chi connectivity index (χ4n) is 2.62. The molecule has 1 fully saturated rings. The summed E-state index contributed by atoms with van der Waals surface area (Å²) in [6.45, 7) is 2.40. The van der Waals surface area contributed by atoms with Crippen molar-refractivity contribution in [2.45, 2.75) is 57.5 Å². The molecule has 0 aliphatic heterocycles. The predicted molar refractivity (Wildman–Crippen MR) is 56.7 cm³/mol. The molecular weight excluding hydrogens is 158 g/mol. The van der Waals surface area contributed by atoms with Crippen LogP contribution in [0.1, 0.15) is 45.4 Å². The normalized spacial score (nSPS) is 35.5. The molecule has 1 heteroatoms. The third kappa shape index (κ3) is 2.34. The lowest BCUT2D eigenvalue weighted by atomic mass is 9.85. The minimum absolute atomic E-state index is 0.755. The van der Waals surface area contributed by atoms with E-state index >= 15 is 0 Å². The highest BCUT2D eigenvalue weighted by Crippen LogP contribution is 2.25. The Bertz CT molecular complexity index is 178. The highest BCUT2D eigenvalue weighted by Gasteiger charge is 2.23. The van der Waals surface area contributed by atoms with Crippen LogP contribution in [0.4, 0.5) is 0 Å². The van der Waals surface area contributed by atoms with Crippen LogP contribution in [0.2, 0.25) is 0 Å². The van der Waals surface area contributed by atoms with E-state index in [-0.39, 0.29) is 0 Å². The molecule has 0 aromatic carbocycles. The van der Waals surface area contributed by atoms with Gasteiger partial charge in [-0.2, -0.15) is 0 Å². The molecule has 0 aromatic rings. The van der Waals surface area contributed by atoms with E-state index in [0.29, 0.717) is 0 Å². The Balaban J connectivity index is 1.78. The summed E-state index contributed by atoms with van der Waals surface area (Å²) < 4.78 is 0. The molecule has 2 atom stereocenters. The molecule has 0 spiro atoms. The lowest BCUT2D eigenvalue weighted by Gasteiger charge is -2.32. The van der Waals surface area contributed by atoms with Crippen LogP contribution in [0.15, 0.2) is 12.2 Å². The van der Waals surface area contributed by atoms with Gasteiger partial charge in [-0.3, -0.25) is 0 Å². The molecule has 0 aromatic heterocycles. The highest BCUT2D eigenvalue weighted by atomic mass is 15.0. The first-order valence-corrected chi connectivity index (χ1v) is 5.77. The second kappa shape index (κ2) is 4.28. The van der Waals surface area contributed by atoms with Gasteiger partial charge in [0.25, 0.3) is 0 Å². The van der Waals surface area contributed by atoms with Crippen molar-refractivity contribution in [1.82, 2.24) is 5.32 Å². The molecule has 0 bridgehead atoms. The third-order valence-corrected chi connectivity index (χ3v) is 3.57. The van der Waals surface area contributed by atoms with Gasteiger partial charge in [-0.25, -0.2) is 0 Å². The lowest BCUT2D eigenvalue weighted by Crippen LogP contribution is -2.42. The van der Waals surface area contributed by atoms with Crippen molar-refractivity contribution < 1.29 is 0 Å². The zero-order valence-electron chi connectivity index (χ0n) is 8.63. The van der Waals surface area contributed by atoms with E-state index in [0.717, 1.165) is 18.0 Å². The summed E-state index contributed by atoms with van der Waals surface area (Å²) >= 11 is 0. The summed E-state index contributed by atoms with van der Waals surface area (Å²) in [4.78, 5) is 0. The van der Waals surface area contributed by atoms with Gasteiger partial charge in [0.05, 0.1) is 0 Å². The Hall–Kier alpha value is -0.300. The quantitative estimate of drug-likeness (QED) is 0.643.